The van der Waals surface area contributed by atoms with Crippen molar-refractivity contribution in [3.63, 3.8) is 0 Å². The monoisotopic (exact) mass is 140 g/mol. The van der Waals surface area contributed by atoms with Gasteiger partial charge in [-0.3, -0.25) is 4.79 Å². The number of carbonyl (C=O) groups is 1. The zero-order valence-corrected chi connectivity index (χ0v) is 6.39. The summed E-state index contributed by atoms with van der Waals surface area (Å²) in [6, 6.07) is 0. The van der Waals surface area contributed by atoms with Crippen LogP contribution in [0.5, 0.6) is 0 Å². The molecule has 2 heteroatoms. The maximum Gasteiger partial charge on any atom is 0.158 e. The standard InChI is InChI=1S/C8H12O2/c1-3-8-7(6(2)9)4-5-10-8/h4,8H,3,5H2,1-2H3. The maximum atomic E-state index is 10.9. The van der Waals surface area contributed by atoms with Crippen LogP contribution in [-0.4, -0.2) is 18.5 Å². The predicted octanol–water partition coefficient (Wildman–Crippen LogP) is 1.31. The van der Waals surface area contributed by atoms with E-state index in [4.69, 9.17) is 4.74 Å². The van der Waals surface area contributed by atoms with Crippen molar-refractivity contribution in [3.8, 4) is 0 Å². The summed E-state index contributed by atoms with van der Waals surface area (Å²) in [6.45, 7) is 4.21. The molecule has 1 unspecified atom stereocenters. The first-order chi connectivity index (χ1) is 4.75. The molecule has 0 radical (unpaired) electrons. The molecule has 0 bridgehead atoms. The predicted molar refractivity (Wildman–Crippen MR) is 38.8 cm³/mol. The van der Waals surface area contributed by atoms with Gasteiger partial charge in [0.1, 0.15) is 0 Å². The van der Waals surface area contributed by atoms with Crippen LogP contribution < -0.4 is 0 Å². The highest BCUT2D eigenvalue weighted by Gasteiger charge is 2.20. The van der Waals surface area contributed by atoms with E-state index in [1.807, 2.05) is 13.0 Å². The first-order valence-corrected chi connectivity index (χ1v) is 3.58. The van der Waals surface area contributed by atoms with Crippen molar-refractivity contribution < 1.29 is 9.53 Å². The molecule has 0 aromatic heterocycles. The van der Waals surface area contributed by atoms with Gasteiger partial charge in [0.25, 0.3) is 0 Å². The van der Waals surface area contributed by atoms with Crippen LogP contribution in [0.1, 0.15) is 20.3 Å². The molecule has 0 saturated heterocycles. The highest BCUT2D eigenvalue weighted by atomic mass is 16.5. The molecule has 1 aliphatic rings. The second-order valence-corrected chi connectivity index (χ2v) is 2.45. The van der Waals surface area contributed by atoms with Gasteiger partial charge < -0.3 is 4.74 Å². The van der Waals surface area contributed by atoms with Gasteiger partial charge in [-0.25, -0.2) is 0 Å². The van der Waals surface area contributed by atoms with E-state index in [2.05, 4.69) is 0 Å². The van der Waals surface area contributed by atoms with Gasteiger partial charge in [-0.05, 0) is 19.4 Å². The molecule has 0 aliphatic carbocycles. The summed E-state index contributed by atoms with van der Waals surface area (Å²) >= 11 is 0. The van der Waals surface area contributed by atoms with Crippen LogP contribution in [0.15, 0.2) is 11.6 Å². The smallest absolute Gasteiger partial charge is 0.158 e. The molecule has 56 valence electrons. The Morgan fingerprint density at radius 3 is 3.00 bits per heavy atom. The fraction of sp³-hybridized carbons (Fsp3) is 0.625. The van der Waals surface area contributed by atoms with E-state index < -0.39 is 0 Å². The second kappa shape index (κ2) is 2.97. The van der Waals surface area contributed by atoms with Crippen LogP contribution in [0.3, 0.4) is 0 Å². The molecule has 0 spiro atoms. The number of hydrogen-bond donors (Lipinski definition) is 0. The summed E-state index contributed by atoms with van der Waals surface area (Å²) in [5.41, 5.74) is 0.850. The van der Waals surface area contributed by atoms with Crippen LogP contribution >= 0.6 is 0 Å². The molecule has 0 aromatic rings. The lowest BCUT2D eigenvalue weighted by atomic mass is 10.1. The minimum atomic E-state index is 0.0671. The van der Waals surface area contributed by atoms with Crippen molar-refractivity contribution in [1.29, 1.82) is 0 Å². The van der Waals surface area contributed by atoms with Gasteiger partial charge in [0, 0.05) is 5.57 Å². The van der Waals surface area contributed by atoms with Gasteiger partial charge in [-0.2, -0.15) is 0 Å². The topological polar surface area (TPSA) is 26.3 Å². The largest absolute Gasteiger partial charge is 0.369 e. The van der Waals surface area contributed by atoms with Crippen LogP contribution in [0.4, 0.5) is 0 Å². The first kappa shape index (κ1) is 7.48. The molecular weight excluding hydrogens is 128 g/mol. The van der Waals surface area contributed by atoms with Crippen molar-refractivity contribution >= 4 is 5.78 Å². The van der Waals surface area contributed by atoms with E-state index in [0.717, 1.165) is 12.0 Å². The summed E-state index contributed by atoms with van der Waals surface area (Å²) in [7, 11) is 0. The Morgan fingerprint density at radius 1 is 1.90 bits per heavy atom. The van der Waals surface area contributed by atoms with Gasteiger partial charge in [0.2, 0.25) is 0 Å². The van der Waals surface area contributed by atoms with E-state index in [9.17, 15) is 4.79 Å². The summed E-state index contributed by atoms with van der Waals surface area (Å²) in [6.07, 6.45) is 2.83. The summed E-state index contributed by atoms with van der Waals surface area (Å²) in [5, 5.41) is 0. The Kier molecular flexibility index (Phi) is 2.22. The number of Topliss-reactive ketones (excluding diaryl/α,β-unsaturated/α-hetero) is 1. The van der Waals surface area contributed by atoms with Crippen LogP contribution in [0.25, 0.3) is 0 Å². The molecule has 0 aromatic carbocycles. The quantitative estimate of drug-likeness (QED) is 0.578. The minimum absolute atomic E-state index is 0.0671. The van der Waals surface area contributed by atoms with Crippen LogP contribution in [0.2, 0.25) is 0 Å². The van der Waals surface area contributed by atoms with E-state index in [1.54, 1.807) is 6.92 Å². The molecule has 10 heavy (non-hydrogen) atoms. The number of hydrogen-bond acceptors (Lipinski definition) is 2. The number of rotatable bonds is 2. The Hall–Kier alpha value is -0.630. The average Bonchev–Trinajstić information content (AvgIpc) is 2.33. The number of ketones is 1. The number of carbonyl (C=O) groups excluding carboxylic acids is 1. The van der Waals surface area contributed by atoms with Gasteiger partial charge >= 0.3 is 0 Å². The third-order valence-electron chi connectivity index (χ3n) is 1.72. The van der Waals surface area contributed by atoms with Crippen molar-refractivity contribution in [3.05, 3.63) is 11.6 Å². The van der Waals surface area contributed by atoms with Crippen molar-refractivity contribution in [2.24, 2.45) is 0 Å². The number of ether oxygens (including phenoxy) is 1. The van der Waals surface area contributed by atoms with Crippen LogP contribution in [-0.2, 0) is 9.53 Å². The molecular formula is C8H12O2. The fourth-order valence-electron chi connectivity index (χ4n) is 1.18. The van der Waals surface area contributed by atoms with Crippen molar-refractivity contribution in [2.45, 2.75) is 26.4 Å². The zero-order chi connectivity index (χ0) is 7.56. The lowest BCUT2D eigenvalue weighted by Crippen LogP contribution is -2.13. The molecule has 1 rings (SSSR count). The summed E-state index contributed by atoms with van der Waals surface area (Å²) in [4.78, 5) is 10.9. The summed E-state index contributed by atoms with van der Waals surface area (Å²) < 4.78 is 5.26. The fourth-order valence-corrected chi connectivity index (χ4v) is 1.18. The van der Waals surface area contributed by atoms with E-state index in [-0.39, 0.29) is 11.9 Å². The Balaban J connectivity index is 2.65. The Labute approximate surface area is 60.9 Å². The summed E-state index contributed by atoms with van der Waals surface area (Å²) in [5.74, 6) is 0.143. The molecule has 0 N–H and O–H groups in total. The van der Waals surface area contributed by atoms with Gasteiger partial charge in [-0.1, -0.05) is 6.92 Å². The third-order valence-corrected chi connectivity index (χ3v) is 1.72. The lowest BCUT2D eigenvalue weighted by molar-refractivity contribution is -0.114. The van der Waals surface area contributed by atoms with Gasteiger partial charge in [0.05, 0.1) is 12.7 Å². The van der Waals surface area contributed by atoms with Gasteiger partial charge in [-0.15, -0.1) is 0 Å². The lowest BCUT2D eigenvalue weighted by Gasteiger charge is -2.08. The SMILES string of the molecule is CCC1OCC=C1C(C)=O. The second-order valence-electron chi connectivity index (χ2n) is 2.45. The molecule has 1 heterocycles. The molecule has 2 nitrogen and oxygen atoms in total. The molecule has 1 atom stereocenters. The van der Waals surface area contributed by atoms with E-state index in [1.165, 1.54) is 0 Å². The minimum Gasteiger partial charge on any atom is -0.369 e. The normalized spacial score (nSPS) is 24.6. The zero-order valence-electron chi connectivity index (χ0n) is 6.39. The first-order valence-electron chi connectivity index (χ1n) is 3.58. The highest BCUT2D eigenvalue weighted by molar-refractivity contribution is 5.94. The Bertz CT molecular complexity index is 170. The maximum absolute atomic E-state index is 10.9. The Morgan fingerprint density at radius 2 is 2.60 bits per heavy atom. The van der Waals surface area contributed by atoms with Crippen LogP contribution in [0, 0.1) is 0 Å². The molecule has 0 amide bonds. The molecule has 0 saturated carbocycles. The van der Waals surface area contributed by atoms with Gasteiger partial charge in [0.15, 0.2) is 5.78 Å². The molecule has 0 fully saturated rings. The van der Waals surface area contributed by atoms with Crippen molar-refractivity contribution in [2.75, 3.05) is 6.61 Å². The third kappa shape index (κ3) is 1.27. The van der Waals surface area contributed by atoms with E-state index >= 15 is 0 Å². The molecule has 1 aliphatic heterocycles. The average molecular weight is 140 g/mol. The highest BCUT2D eigenvalue weighted by Crippen LogP contribution is 2.17. The van der Waals surface area contributed by atoms with Crippen molar-refractivity contribution in [1.82, 2.24) is 0 Å². The van der Waals surface area contributed by atoms with E-state index in [0.29, 0.717) is 6.61 Å².